The standard InChI is InChI=1S/C30H33F3O/c1-3-5-21-6-11-23(12-7-21)25-15-16-26(30(33)29(25)32)24-13-8-22(9-14-24)19-34-28-17-10-20(4-2)18-27(28)31/h6-7,10-12,15-18,22,24H,3-5,8-9,13-14,19H2,1-2H3. The van der Waals surface area contributed by atoms with Gasteiger partial charge in [0.15, 0.2) is 23.2 Å². The Labute approximate surface area is 201 Å². The summed E-state index contributed by atoms with van der Waals surface area (Å²) in [5.74, 6) is -1.26. The molecule has 0 spiro atoms. The summed E-state index contributed by atoms with van der Waals surface area (Å²) < 4.78 is 50.0. The van der Waals surface area contributed by atoms with Crippen molar-refractivity contribution in [1.29, 1.82) is 0 Å². The van der Waals surface area contributed by atoms with Crippen LogP contribution in [0.1, 0.15) is 68.6 Å². The fourth-order valence-electron chi connectivity index (χ4n) is 4.97. The summed E-state index contributed by atoms with van der Waals surface area (Å²) in [6.45, 7) is 4.55. The number of hydrogen-bond donors (Lipinski definition) is 0. The molecular weight excluding hydrogens is 433 g/mol. The van der Waals surface area contributed by atoms with Gasteiger partial charge in [-0.25, -0.2) is 13.2 Å². The van der Waals surface area contributed by atoms with E-state index in [1.165, 1.54) is 11.6 Å². The first-order valence-electron chi connectivity index (χ1n) is 12.5. The van der Waals surface area contributed by atoms with Crippen molar-refractivity contribution in [3.63, 3.8) is 0 Å². The minimum absolute atomic E-state index is 0.00713. The molecule has 1 aliphatic rings. The predicted molar refractivity (Wildman–Crippen MR) is 132 cm³/mol. The molecule has 3 aromatic carbocycles. The lowest BCUT2D eigenvalue weighted by atomic mass is 9.78. The number of ether oxygens (including phenoxy) is 1. The van der Waals surface area contributed by atoms with E-state index in [1.807, 2.05) is 37.3 Å². The molecule has 1 nitrogen and oxygen atoms in total. The number of halogens is 3. The topological polar surface area (TPSA) is 9.23 Å². The molecule has 180 valence electrons. The SMILES string of the molecule is CCCc1ccc(-c2ccc(C3CCC(COc4ccc(CC)cc4F)CC3)c(F)c2F)cc1. The van der Waals surface area contributed by atoms with Gasteiger partial charge in [0.25, 0.3) is 0 Å². The van der Waals surface area contributed by atoms with Crippen LogP contribution in [0.4, 0.5) is 13.2 Å². The molecule has 1 saturated carbocycles. The van der Waals surface area contributed by atoms with Gasteiger partial charge in [0.2, 0.25) is 0 Å². The molecule has 0 unspecified atom stereocenters. The molecule has 0 amide bonds. The van der Waals surface area contributed by atoms with E-state index in [4.69, 9.17) is 4.74 Å². The molecule has 0 radical (unpaired) electrons. The maximum Gasteiger partial charge on any atom is 0.166 e. The zero-order valence-electron chi connectivity index (χ0n) is 20.0. The molecule has 34 heavy (non-hydrogen) atoms. The van der Waals surface area contributed by atoms with E-state index in [1.54, 1.807) is 18.2 Å². The second-order valence-electron chi connectivity index (χ2n) is 9.42. The monoisotopic (exact) mass is 466 g/mol. The summed E-state index contributed by atoms with van der Waals surface area (Å²) in [5.41, 5.74) is 3.61. The van der Waals surface area contributed by atoms with Gasteiger partial charge in [-0.1, -0.05) is 62.7 Å². The van der Waals surface area contributed by atoms with Gasteiger partial charge in [-0.05, 0) is 84.7 Å². The van der Waals surface area contributed by atoms with Crippen molar-refractivity contribution in [3.05, 3.63) is 88.7 Å². The van der Waals surface area contributed by atoms with Gasteiger partial charge in [0.05, 0.1) is 6.61 Å². The van der Waals surface area contributed by atoms with Crippen molar-refractivity contribution >= 4 is 0 Å². The highest BCUT2D eigenvalue weighted by atomic mass is 19.2. The zero-order valence-corrected chi connectivity index (χ0v) is 20.0. The van der Waals surface area contributed by atoms with E-state index >= 15 is 4.39 Å². The molecule has 4 heteroatoms. The Balaban J connectivity index is 1.37. The lowest BCUT2D eigenvalue weighted by molar-refractivity contribution is 0.193. The lowest BCUT2D eigenvalue weighted by Crippen LogP contribution is -2.20. The van der Waals surface area contributed by atoms with Crippen LogP contribution in [0.5, 0.6) is 5.75 Å². The molecule has 0 aromatic heterocycles. The molecule has 3 aromatic rings. The van der Waals surface area contributed by atoms with Crippen LogP contribution in [0.2, 0.25) is 0 Å². The second-order valence-corrected chi connectivity index (χ2v) is 9.42. The highest BCUT2D eigenvalue weighted by Gasteiger charge is 2.27. The Bertz CT molecular complexity index is 1100. The Hall–Kier alpha value is -2.75. The van der Waals surface area contributed by atoms with Gasteiger partial charge in [-0.2, -0.15) is 0 Å². The van der Waals surface area contributed by atoms with Gasteiger partial charge in [-0.3, -0.25) is 0 Å². The molecule has 0 bridgehead atoms. The molecule has 0 heterocycles. The maximum absolute atomic E-state index is 15.1. The summed E-state index contributed by atoms with van der Waals surface area (Å²) >= 11 is 0. The van der Waals surface area contributed by atoms with Crippen LogP contribution < -0.4 is 4.74 Å². The summed E-state index contributed by atoms with van der Waals surface area (Å²) in [4.78, 5) is 0. The molecule has 0 atom stereocenters. The highest BCUT2D eigenvalue weighted by molar-refractivity contribution is 5.65. The normalized spacial score (nSPS) is 18.1. The summed E-state index contributed by atoms with van der Waals surface area (Å²) in [5, 5.41) is 0. The van der Waals surface area contributed by atoms with E-state index in [2.05, 4.69) is 6.92 Å². The Morgan fingerprint density at radius 3 is 2.15 bits per heavy atom. The fourth-order valence-corrected chi connectivity index (χ4v) is 4.97. The van der Waals surface area contributed by atoms with Crippen molar-refractivity contribution in [2.24, 2.45) is 5.92 Å². The van der Waals surface area contributed by atoms with E-state index < -0.39 is 11.6 Å². The molecule has 0 aliphatic heterocycles. The third kappa shape index (κ3) is 5.48. The quantitative estimate of drug-likeness (QED) is 0.323. The first kappa shape index (κ1) is 24.4. The van der Waals surface area contributed by atoms with E-state index in [0.717, 1.165) is 50.5 Å². The van der Waals surface area contributed by atoms with Gasteiger partial charge in [0, 0.05) is 5.56 Å². The Morgan fingerprint density at radius 2 is 1.50 bits per heavy atom. The molecule has 1 fully saturated rings. The molecule has 4 rings (SSSR count). The zero-order chi connectivity index (χ0) is 24.1. The third-order valence-corrected chi connectivity index (χ3v) is 7.08. The van der Waals surface area contributed by atoms with Crippen LogP contribution in [0, 0.1) is 23.4 Å². The van der Waals surface area contributed by atoms with Crippen LogP contribution in [0.25, 0.3) is 11.1 Å². The smallest absolute Gasteiger partial charge is 0.166 e. The minimum Gasteiger partial charge on any atom is -0.490 e. The minimum atomic E-state index is -0.766. The number of aryl methyl sites for hydroxylation is 2. The van der Waals surface area contributed by atoms with Gasteiger partial charge in [0.1, 0.15) is 0 Å². The average Bonchev–Trinajstić information content (AvgIpc) is 2.86. The highest BCUT2D eigenvalue weighted by Crippen LogP contribution is 2.39. The fraction of sp³-hybridized carbons (Fsp3) is 0.400. The van der Waals surface area contributed by atoms with Crippen LogP contribution in [0.15, 0.2) is 54.6 Å². The van der Waals surface area contributed by atoms with Crippen LogP contribution in [0.3, 0.4) is 0 Å². The second kappa shape index (κ2) is 11.1. The number of rotatable bonds is 8. The van der Waals surface area contributed by atoms with Crippen molar-refractivity contribution in [2.75, 3.05) is 6.61 Å². The summed E-state index contributed by atoms with van der Waals surface area (Å²) in [6.07, 6.45) is 6.05. The molecule has 0 saturated heterocycles. The van der Waals surface area contributed by atoms with Crippen molar-refractivity contribution in [1.82, 2.24) is 0 Å². The van der Waals surface area contributed by atoms with E-state index in [9.17, 15) is 8.78 Å². The van der Waals surface area contributed by atoms with Crippen molar-refractivity contribution < 1.29 is 17.9 Å². The summed E-state index contributed by atoms with van der Waals surface area (Å²) in [6, 6.07) is 16.3. The van der Waals surface area contributed by atoms with E-state index in [-0.39, 0.29) is 23.4 Å². The maximum atomic E-state index is 15.1. The summed E-state index contributed by atoms with van der Waals surface area (Å²) in [7, 11) is 0. The van der Waals surface area contributed by atoms with Gasteiger partial charge >= 0.3 is 0 Å². The largest absolute Gasteiger partial charge is 0.490 e. The Morgan fingerprint density at radius 1 is 0.794 bits per heavy atom. The molecule has 1 aliphatic carbocycles. The third-order valence-electron chi connectivity index (χ3n) is 7.08. The van der Waals surface area contributed by atoms with Gasteiger partial charge < -0.3 is 4.74 Å². The Kier molecular flexibility index (Phi) is 7.97. The molecular formula is C30H33F3O. The first-order chi connectivity index (χ1) is 16.5. The van der Waals surface area contributed by atoms with Crippen LogP contribution in [-0.2, 0) is 12.8 Å². The average molecular weight is 467 g/mol. The van der Waals surface area contributed by atoms with Gasteiger partial charge in [-0.15, -0.1) is 0 Å². The van der Waals surface area contributed by atoms with Crippen molar-refractivity contribution in [3.8, 4) is 16.9 Å². The van der Waals surface area contributed by atoms with Crippen molar-refractivity contribution in [2.45, 2.75) is 64.7 Å². The lowest BCUT2D eigenvalue weighted by Gasteiger charge is -2.29. The van der Waals surface area contributed by atoms with Crippen LogP contribution in [-0.4, -0.2) is 6.61 Å². The first-order valence-corrected chi connectivity index (χ1v) is 12.5. The van der Waals surface area contributed by atoms with E-state index in [0.29, 0.717) is 23.3 Å². The predicted octanol–water partition coefficient (Wildman–Crippen LogP) is 8.64. The molecule has 0 N–H and O–H groups in total. The van der Waals surface area contributed by atoms with Crippen LogP contribution >= 0.6 is 0 Å². The number of benzene rings is 3. The number of hydrogen-bond acceptors (Lipinski definition) is 1.